The van der Waals surface area contributed by atoms with Gasteiger partial charge < -0.3 is 5.32 Å². The van der Waals surface area contributed by atoms with Gasteiger partial charge >= 0.3 is 0 Å². The van der Waals surface area contributed by atoms with Crippen LogP contribution in [0.1, 0.15) is 26.7 Å². The minimum absolute atomic E-state index is 0.290. The monoisotopic (exact) mass is 168 g/mol. The Morgan fingerprint density at radius 2 is 2.42 bits per heavy atom. The summed E-state index contributed by atoms with van der Waals surface area (Å²) in [5.41, 5.74) is 0. The molecule has 12 heavy (non-hydrogen) atoms. The molecule has 0 spiro atoms. The van der Waals surface area contributed by atoms with Gasteiger partial charge in [0, 0.05) is 13.0 Å². The van der Waals surface area contributed by atoms with Crippen LogP contribution in [0, 0.1) is 5.92 Å². The lowest BCUT2D eigenvalue weighted by atomic mass is 10.1. The summed E-state index contributed by atoms with van der Waals surface area (Å²) >= 11 is 0. The van der Waals surface area contributed by atoms with Crippen LogP contribution in [-0.4, -0.2) is 24.7 Å². The standard InChI is InChI=1S/C9H16N2O/c1-7(2)5-8(12)6-9-10-3-4-11-9/h7H,3-6H2,1-2H3,(H,10,11). The Kier molecular flexibility index (Phi) is 3.26. The van der Waals surface area contributed by atoms with Crippen molar-refractivity contribution in [1.82, 2.24) is 5.32 Å². The Morgan fingerprint density at radius 1 is 1.67 bits per heavy atom. The lowest BCUT2D eigenvalue weighted by Crippen LogP contribution is -2.22. The Labute approximate surface area is 73.3 Å². The number of ketones is 1. The number of nitrogens with one attached hydrogen (secondary N) is 1. The molecule has 0 unspecified atom stereocenters. The maximum Gasteiger partial charge on any atom is 0.140 e. The number of Topliss-reactive ketones (excluding diaryl/α,β-unsaturated/α-hetero) is 1. The molecule has 0 saturated carbocycles. The van der Waals surface area contributed by atoms with Crippen LogP contribution in [0.15, 0.2) is 4.99 Å². The lowest BCUT2D eigenvalue weighted by Gasteiger charge is -2.03. The zero-order chi connectivity index (χ0) is 8.97. The number of carbonyl (C=O) groups is 1. The van der Waals surface area contributed by atoms with Crippen LogP contribution in [0.2, 0.25) is 0 Å². The van der Waals surface area contributed by atoms with Gasteiger partial charge in [0.25, 0.3) is 0 Å². The van der Waals surface area contributed by atoms with Gasteiger partial charge in [-0.3, -0.25) is 9.79 Å². The zero-order valence-corrected chi connectivity index (χ0v) is 7.76. The predicted molar refractivity (Wildman–Crippen MR) is 49.4 cm³/mol. The van der Waals surface area contributed by atoms with Crippen molar-refractivity contribution < 1.29 is 4.79 Å². The van der Waals surface area contributed by atoms with Crippen molar-refractivity contribution in [3.05, 3.63) is 0 Å². The van der Waals surface area contributed by atoms with Crippen molar-refractivity contribution >= 4 is 11.6 Å². The maximum absolute atomic E-state index is 11.3. The molecule has 3 heteroatoms. The van der Waals surface area contributed by atoms with E-state index in [4.69, 9.17) is 0 Å². The van der Waals surface area contributed by atoms with E-state index in [1.165, 1.54) is 0 Å². The van der Waals surface area contributed by atoms with Gasteiger partial charge in [-0.05, 0) is 5.92 Å². The maximum atomic E-state index is 11.3. The quantitative estimate of drug-likeness (QED) is 0.680. The molecule has 1 heterocycles. The summed E-state index contributed by atoms with van der Waals surface area (Å²) < 4.78 is 0. The van der Waals surface area contributed by atoms with Gasteiger partial charge in [-0.25, -0.2) is 0 Å². The molecule has 3 nitrogen and oxygen atoms in total. The average Bonchev–Trinajstić information content (AvgIpc) is 2.37. The van der Waals surface area contributed by atoms with Crippen molar-refractivity contribution in [3.8, 4) is 0 Å². The second-order valence-corrected chi connectivity index (χ2v) is 3.57. The molecule has 1 aliphatic heterocycles. The Hall–Kier alpha value is -0.860. The first-order chi connectivity index (χ1) is 5.68. The first kappa shape index (κ1) is 9.23. The molecule has 1 rings (SSSR count). The highest BCUT2D eigenvalue weighted by Crippen LogP contribution is 2.03. The van der Waals surface area contributed by atoms with E-state index in [1.807, 2.05) is 0 Å². The molecule has 1 aliphatic rings. The van der Waals surface area contributed by atoms with Gasteiger partial charge in [-0.2, -0.15) is 0 Å². The third-order valence-corrected chi connectivity index (χ3v) is 1.74. The van der Waals surface area contributed by atoms with Gasteiger partial charge in [0.15, 0.2) is 0 Å². The van der Waals surface area contributed by atoms with Crippen molar-refractivity contribution in [2.75, 3.05) is 13.1 Å². The Balaban J connectivity index is 2.26. The molecule has 0 aromatic rings. The average molecular weight is 168 g/mol. The van der Waals surface area contributed by atoms with Crippen molar-refractivity contribution in [2.24, 2.45) is 10.9 Å². The zero-order valence-electron chi connectivity index (χ0n) is 7.76. The van der Waals surface area contributed by atoms with E-state index < -0.39 is 0 Å². The molecule has 1 N–H and O–H groups in total. The molecule has 0 atom stereocenters. The highest BCUT2D eigenvalue weighted by Gasteiger charge is 2.11. The number of hydrogen-bond acceptors (Lipinski definition) is 3. The van der Waals surface area contributed by atoms with Gasteiger partial charge in [0.1, 0.15) is 11.6 Å². The summed E-state index contributed by atoms with van der Waals surface area (Å²) in [6, 6.07) is 0. The van der Waals surface area contributed by atoms with Gasteiger partial charge in [-0.15, -0.1) is 0 Å². The molecule has 68 valence electrons. The first-order valence-electron chi connectivity index (χ1n) is 4.47. The summed E-state index contributed by atoms with van der Waals surface area (Å²) in [6.07, 6.45) is 1.17. The topological polar surface area (TPSA) is 41.5 Å². The Morgan fingerprint density at radius 3 is 2.92 bits per heavy atom. The van der Waals surface area contributed by atoms with E-state index in [0.717, 1.165) is 18.9 Å². The van der Waals surface area contributed by atoms with E-state index in [9.17, 15) is 4.79 Å². The largest absolute Gasteiger partial charge is 0.372 e. The fraction of sp³-hybridized carbons (Fsp3) is 0.778. The van der Waals surface area contributed by atoms with Gasteiger partial charge in [0.2, 0.25) is 0 Å². The number of amidine groups is 1. The number of carbonyl (C=O) groups excluding carboxylic acids is 1. The van der Waals surface area contributed by atoms with Crippen molar-refractivity contribution in [2.45, 2.75) is 26.7 Å². The molecule has 0 bridgehead atoms. The third kappa shape index (κ3) is 3.03. The normalized spacial score (nSPS) is 16.1. The fourth-order valence-electron chi connectivity index (χ4n) is 1.28. The van der Waals surface area contributed by atoms with Crippen LogP contribution < -0.4 is 5.32 Å². The summed E-state index contributed by atoms with van der Waals surface area (Å²) in [7, 11) is 0. The molecule has 0 aromatic carbocycles. The van der Waals surface area contributed by atoms with Crippen LogP contribution in [-0.2, 0) is 4.79 Å². The smallest absolute Gasteiger partial charge is 0.140 e. The van der Waals surface area contributed by atoms with E-state index >= 15 is 0 Å². The molecule has 0 amide bonds. The third-order valence-electron chi connectivity index (χ3n) is 1.74. The van der Waals surface area contributed by atoms with E-state index in [1.54, 1.807) is 0 Å². The summed E-state index contributed by atoms with van der Waals surface area (Å²) in [5, 5.41) is 3.09. The minimum Gasteiger partial charge on any atom is -0.372 e. The van der Waals surface area contributed by atoms with Crippen molar-refractivity contribution in [3.63, 3.8) is 0 Å². The Bertz CT molecular complexity index is 197. The minimum atomic E-state index is 0.290. The number of aliphatic imine (C=N–C) groups is 1. The second kappa shape index (κ2) is 4.24. The highest BCUT2D eigenvalue weighted by atomic mass is 16.1. The SMILES string of the molecule is CC(C)CC(=O)CC1=NCCN1. The molecule has 0 radical (unpaired) electrons. The van der Waals surface area contributed by atoms with Crippen LogP contribution in [0.25, 0.3) is 0 Å². The van der Waals surface area contributed by atoms with Crippen LogP contribution in [0.5, 0.6) is 0 Å². The number of hydrogen-bond donors (Lipinski definition) is 1. The molecule has 0 aromatic heterocycles. The molecule has 0 aliphatic carbocycles. The second-order valence-electron chi connectivity index (χ2n) is 3.57. The van der Waals surface area contributed by atoms with Crippen LogP contribution in [0.3, 0.4) is 0 Å². The first-order valence-corrected chi connectivity index (χ1v) is 4.47. The van der Waals surface area contributed by atoms with Crippen molar-refractivity contribution in [1.29, 1.82) is 0 Å². The van der Waals surface area contributed by atoms with Crippen LogP contribution >= 0.6 is 0 Å². The lowest BCUT2D eigenvalue weighted by molar-refractivity contribution is -0.118. The number of rotatable bonds is 4. The molecule has 0 saturated heterocycles. The van der Waals surface area contributed by atoms with Gasteiger partial charge in [-0.1, -0.05) is 13.8 Å². The summed E-state index contributed by atoms with van der Waals surface area (Å²) in [6.45, 7) is 5.83. The van der Waals surface area contributed by atoms with Gasteiger partial charge in [0.05, 0.1) is 13.0 Å². The number of nitrogens with zero attached hydrogens (tertiary/aromatic N) is 1. The fourth-order valence-corrected chi connectivity index (χ4v) is 1.28. The molecular formula is C9H16N2O. The summed E-state index contributed by atoms with van der Waals surface area (Å²) in [5.74, 6) is 1.62. The molecular weight excluding hydrogens is 152 g/mol. The highest BCUT2D eigenvalue weighted by molar-refractivity contribution is 6.01. The van der Waals surface area contributed by atoms with E-state index in [-0.39, 0.29) is 5.78 Å². The molecule has 0 fully saturated rings. The van der Waals surface area contributed by atoms with E-state index in [0.29, 0.717) is 18.8 Å². The predicted octanol–water partition coefficient (Wildman–Crippen LogP) is 0.993. The van der Waals surface area contributed by atoms with Crippen LogP contribution in [0.4, 0.5) is 0 Å². The van der Waals surface area contributed by atoms with E-state index in [2.05, 4.69) is 24.2 Å². The summed E-state index contributed by atoms with van der Waals surface area (Å²) in [4.78, 5) is 15.5.